The van der Waals surface area contributed by atoms with E-state index in [4.69, 9.17) is 0 Å². The molecule has 0 spiro atoms. The zero-order valence-corrected chi connectivity index (χ0v) is 16.3. The molecule has 1 atom stereocenters. The highest BCUT2D eigenvalue weighted by molar-refractivity contribution is 5.96. The highest BCUT2D eigenvalue weighted by Crippen LogP contribution is 2.36. The zero-order valence-electron chi connectivity index (χ0n) is 16.3. The van der Waals surface area contributed by atoms with Gasteiger partial charge in [0.25, 0.3) is 5.91 Å². The normalized spacial score (nSPS) is 17.2. The Bertz CT molecular complexity index is 951. The molecular weight excluding hydrogens is 426 g/mol. The van der Waals surface area contributed by atoms with Crippen molar-refractivity contribution in [2.75, 3.05) is 18.0 Å². The van der Waals surface area contributed by atoms with E-state index in [-0.39, 0.29) is 37.4 Å². The molecule has 0 aliphatic carbocycles. The van der Waals surface area contributed by atoms with Crippen LogP contribution in [0.2, 0.25) is 0 Å². The molecule has 2 aromatic rings. The van der Waals surface area contributed by atoms with Gasteiger partial charge in [-0.15, -0.1) is 0 Å². The van der Waals surface area contributed by atoms with E-state index in [9.17, 15) is 35.9 Å². The first-order valence-electron chi connectivity index (χ1n) is 9.29. The van der Waals surface area contributed by atoms with Crippen molar-refractivity contribution in [3.05, 3.63) is 64.7 Å². The maximum Gasteiger partial charge on any atom is 0.416 e. The smallest absolute Gasteiger partial charge is 0.352 e. The Labute approximate surface area is 173 Å². The highest BCUT2D eigenvalue weighted by Gasteiger charge is 2.38. The van der Waals surface area contributed by atoms with Crippen LogP contribution in [0.25, 0.3) is 0 Å². The molecule has 10 heteroatoms. The van der Waals surface area contributed by atoms with Crippen LogP contribution in [-0.4, -0.2) is 24.9 Å². The molecule has 31 heavy (non-hydrogen) atoms. The van der Waals surface area contributed by atoms with Crippen molar-refractivity contribution in [1.82, 2.24) is 5.32 Å². The molecule has 2 aromatic carbocycles. The summed E-state index contributed by atoms with van der Waals surface area (Å²) in [5.74, 6) is -1.58. The van der Waals surface area contributed by atoms with Gasteiger partial charge in [-0.1, -0.05) is 17.7 Å². The molecule has 1 saturated heterocycles. The maximum absolute atomic E-state index is 13.0. The molecule has 0 bridgehead atoms. The summed E-state index contributed by atoms with van der Waals surface area (Å²) < 4.78 is 77.8. The topological polar surface area (TPSA) is 49.4 Å². The summed E-state index contributed by atoms with van der Waals surface area (Å²) >= 11 is 0. The lowest BCUT2D eigenvalue weighted by Crippen LogP contribution is -2.31. The number of aryl methyl sites for hydroxylation is 1. The molecule has 4 nitrogen and oxygen atoms in total. The maximum atomic E-state index is 13.0. The van der Waals surface area contributed by atoms with E-state index in [0.717, 1.165) is 5.56 Å². The molecule has 0 radical (unpaired) electrons. The molecule has 1 fully saturated rings. The predicted octanol–water partition coefficient (Wildman–Crippen LogP) is 4.82. The second kappa shape index (κ2) is 8.24. The lowest BCUT2D eigenvalue weighted by atomic mass is 10.0. The van der Waals surface area contributed by atoms with Crippen molar-refractivity contribution in [2.45, 2.75) is 25.7 Å². The van der Waals surface area contributed by atoms with Crippen LogP contribution in [0.1, 0.15) is 33.5 Å². The minimum Gasteiger partial charge on any atom is -0.352 e. The van der Waals surface area contributed by atoms with Crippen LogP contribution in [-0.2, 0) is 17.1 Å². The van der Waals surface area contributed by atoms with Crippen LogP contribution < -0.4 is 10.2 Å². The molecule has 1 N–H and O–H groups in total. The Balaban J connectivity index is 1.71. The molecule has 0 aromatic heterocycles. The van der Waals surface area contributed by atoms with E-state index in [1.54, 1.807) is 12.1 Å². The van der Waals surface area contributed by atoms with Crippen LogP contribution in [0.4, 0.5) is 32.0 Å². The second-order valence-electron chi connectivity index (χ2n) is 7.41. The summed E-state index contributed by atoms with van der Waals surface area (Å²) in [7, 11) is 0. The van der Waals surface area contributed by atoms with E-state index >= 15 is 0 Å². The first-order chi connectivity index (χ1) is 14.3. The number of benzene rings is 2. The summed E-state index contributed by atoms with van der Waals surface area (Å²) in [6.45, 7) is 2.11. The monoisotopic (exact) mass is 444 g/mol. The average molecular weight is 444 g/mol. The van der Waals surface area contributed by atoms with Crippen molar-refractivity contribution in [1.29, 1.82) is 0 Å². The first-order valence-corrected chi connectivity index (χ1v) is 9.29. The third-order valence-electron chi connectivity index (χ3n) is 4.95. The van der Waals surface area contributed by atoms with Gasteiger partial charge in [0.2, 0.25) is 5.91 Å². The molecule has 1 aliphatic rings. The van der Waals surface area contributed by atoms with Gasteiger partial charge in [0.1, 0.15) is 0 Å². The minimum atomic E-state index is -5.04. The third-order valence-corrected chi connectivity index (χ3v) is 4.95. The number of anilines is 1. The van der Waals surface area contributed by atoms with Gasteiger partial charge in [-0.2, -0.15) is 26.3 Å². The van der Waals surface area contributed by atoms with Gasteiger partial charge >= 0.3 is 12.4 Å². The van der Waals surface area contributed by atoms with Crippen LogP contribution in [0.5, 0.6) is 0 Å². The molecule has 3 rings (SSSR count). The molecule has 0 saturated carbocycles. The SMILES string of the molecule is Cc1ccc(N2CC(CNC(=O)c3cc(C(F)(F)F)cc(C(F)(F)F)c3)CC2=O)cc1. The number of halogens is 6. The summed E-state index contributed by atoms with van der Waals surface area (Å²) in [5.41, 5.74) is -2.18. The van der Waals surface area contributed by atoms with Crippen LogP contribution in [0, 0.1) is 12.8 Å². The number of carbonyl (C=O) groups excluding carboxylic acids is 2. The fourth-order valence-corrected chi connectivity index (χ4v) is 3.32. The molecule has 1 unspecified atom stereocenters. The number of carbonyl (C=O) groups is 2. The number of nitrogens with zero attached hydrogens (tertiary/aromatic N) is 1. The number of amides is 2. The van der Waals surface area contributed by atoms with Gasteiger partial charge in [0.05, 0.1) is 11.1 Å². The lowest BCUT2D eigenvalue weighted by molar-refractivity contribution is -0.143. The number of alkyl halides is 6. The van der Waals surface area contributed by atoms with Crippen molar-refractivity contribution < 1.29 is 35.9 Å². The van der Waals surface area contributed by atoms with Crippen LogP contribution in [0.15, 0.2) is 42.5 Å². The lowest BCUT2D eigenvalue weighted by Gasteiger charge is -2.17. The van der Waals surface area contributed by atoms with Crippen molar-refractivity contribution in [3.8, 4) is 0 Å². The predicted molar refractivity (Wildman–Crippen MR) is 100 cm³/mol. The van der Waals surface area contributed by atoms with Crippen LogP contribution in [0.3, 0.4) is 0 Å². The molecular formula is C21H18F6N2O2. The molecule has 2 amide bonds. The Morgan fingerprint density at radius 2 is 1.55 bits per heavy atom. The third kappa shape index (κ3) is 5.36. The summed E-state index contributed by atoms with van der Waals surface area (Å²) in [4.78, 5) is 26.1. The van der Waals surface area contributed by atoms with Gasteiger partial charge in [-0.25, -0.2) is 0 Å². The number of hydrogen-bond donors (Lipinski definition) is 1. The van der Waals surface area contributed by atoms with Crippen molar-refractivity contribution in [2.24, 2.45) is 5.92 Å². The number of hydrogen-bond acceptors (Lipinski definition) is 2. The van der Waals surface area contributed by atoms with E-state index in [1.165, 1.54) is 4.90 Å². The largest absolute Gasteiger partial charge is 0.416 e. The summed E-state index contributed by atoms with van der Waals surface area (Å²) in [5, 5.41) is 2.35. The van der Waals surface area contributed by atoms with E-state index < -0.39 is 35.0 Å². The van der Waals surface area contributed by atoms with Gasteiger partial charge in [0, 0.05) is 36.7 Å². The zero-order chi connectivity index (χ0) is 23.0. The highest BCUT2D eigenvalue weighted by atomic mass is 19.4. The number of rotatable bonds is 4. The first kappa shape index (κ1) is 22.6. The minimum absolute atomic E-state index is 0.0358. The number of nitrogens with one attached hydrogen (secondary N) is 1. The van der Waals surface area contributed by atoms with Gasteiger partial charge in [-0.3, -0.25) is 9.59 Å². The molecule has 1 aliphatic heterocycles. The van der Waals surface area contributed by atoms with Gasteiger partial charge in [-0.05, 0) is 37.3 Å². The van der Waals surface area contributed by atoms with Gasteiger partial charge < -0.3 is 10.2 Å². The van der Waals surface area contributed by atoms with Crippen LogP contribution >= 0.6 is 0 Å². The van der Waals surface area contributed by atoms with E-state index in [2.05, 4.69) is 5.32 Å². The Morgan fingerprint density at radius 3 is 2.06 bits per heavy atom. The second-order valence-corrected chi connectivity index (χ2v) is 7.41. The fourth-order valence-electron chi connectivity index (χ4n) is 3.32. The Kier molecular flexibility index (Phi) is 6.02. The molecule has 166 valence electrons. The van der Waals surface area contributed by atoms with E-state index in [0.29, 0.717) is 17.8 Å². The van der Waals surface area contributed by atoms with Gasteiger partial charge in [0.15, 0.2) is 0 Å². The standard InChI is InChI=1S/C21H18F6N2O2/c1-12-2-4-17(5-3-12)29-11-13(6-18(29)30)10-28-19(31)14-7-15(20(22,23)24)9-16(8-14)21(25,26)27/h2-5,7-9,13H,6,10-11H2,1H3,(H,28,31). The average Bonchev–Trinajstić information content (AvgIpc) is 3.05. The van der Waals surface area contributed by atoms with E-state index in [1.807, 2.05) is 19.1 Å². The molecule has 1 heterocycles. The Morgan fingerprint density at radius 1 is 1.00 bits per heavy atom. The van der Waals surface area contributed by atoms with Crippen molar-refractivity contribution in [3.63, 3.8) is 0 Å². The summed E-state index contributed by atoms with van der Waals surface area (Å²) in [6, 6.07) is 7.94. The Hall–Kier alpha value is -3.04. The van der Waals surface area contributed by atoms with Crippen molar-refractivity contribution >= 4 is 17.5 Å². The fraction of sp³-hybridized carbons (Fsp3) is 0.333. The quantitative estimate of drug-likeness (QED) is 0.688. The summed E-state index contributed by atoms with van der Waals surface area (Å²) in [6.07, 6.45) is -9.98.